The van der Waals surface area contributed by atoms with E-state index in [0.717, 1.165) is 5.56 Å². The number of hydrogen-bond donors (Lipinski definition) is 1. The van der Waals surface area contributed by atoms with E-state index in [9.17, 15) is 9.59 Å². The summed E-state index contributed by atoms with van der Waals surface area (Å²) in [6.07, 6.45) is 1.26. The van der Waals surface area contributed by atoms with Gasteiger partial charge < -0.3 is 9.84 Å². The van der Waals surface area contributed by atoms with Crippen LogP contribution in [-0.2, 0) is 16.0 Å². The molecule has 0 aliphatic carbocycles. The smallest absolute Gasteiger partial charge is 0.348 e. The molecule has 0 saturated heterocycles. The zero-order valence-electron chi connectivity index (χ0n) is 8.36. The molecule has 0 saturated carbocycles. The first-order valence-electron chi connectivity index (χ1n) is 4.51. The summed E-state index contributed by atoms with van der Waals surface area (Å²) >= 11 is 1.32. The van der Waals surface area contributed by atoms with Crippen molar-refractivity contribution in [3.8, 4) is 0 Å². The molecule has 1 aromatic rings. The molecule has 0 amide bonds. The van der Waals surface area contributed by atoms with Crippen LogP contribution in [0, 0.1) is 0 Å². The van der Waals surface area contributed by atoms with Gasteiger partial charge in [-0.15, -0.1) is 11.3 Å². The number of aliphatic carboxylic acids is 1. The number of carboxylic acids is 1. The van der Waals surface area contributed by atoms with E-state index in [1.54, 1.807) is 0 Å². The molecule has 1 N–H and O–H groups in total. The van der Waals surface area contributed by atoms with Crippen LogP contribution in [0.25, 0.3) is 0 Å². The van der Waals surface area contributed by atoms with Crippen molar-refractivity contribution in [3.05, 3.63) is 21.9 Å². The van der Waals surface area contributed by atoms with Crippen LogP contribution in [0.4, 0.5) is 0 Å². The van der Waals surface area contributed by atoms with Crippen molar-refractivity contribution in [2.24, 2.45) is 0 Å². The van der Waals surface area contributed by atoms with Crippen LogP contribution < -0.4 is 0 Å². The lowest BCUT2D eigenvalue weighted by molar-refractivity contribution is -0.137. The maximum atomic E-state index is 11.3. The molecule has 0 radical (unpaired) electrons. The van der Waals surface area contributed by atoms with E-state index >= 15 is 0 Å². The molecule has 82 valence electrons. The monoisotopic (exact) mass is 228 g/mol. The van der Waals surface area contributed by atoms with Gasteiger partial charge in [0, 0.05) is 6.42 Å². The third-order valence-electron chi connectivity index (χ3n) is 1.95. The molecule has 0 spiro atoms. The second-order valence-corrected chi connectivity index (χ2v) is 3.93. The third kappa shape index (κ3) is 3.36. The third-order valence-corrected chi connectivity index (χ3v) is 2.89. The highest BCUT2D eigenvalue weighted by Gasteiger charge is 2.13. The zero-order chi connectivity index (χ0) is 11.3. The first-order valence-corrected chi connectivity index (χ1v) is 5.39. The Balaban J connectivity index is 2.57. The molecule has 5 heteroatoms. The number of aryl methyl sites for hydroxylation is 1. The molecule has 1 aromatic heterocycles. The normalized spacial score (nSPS) is 9.93. The molecular weight excluding hydrogens is 216 g/mol. The number of ether oxygens (including phenoxy) is 1. The van der Waals surface area contributed by atoms with Gasteiger partial charge in [-0.05, 0) is 29.9 Å². The van der Waals surface area contributed by atoms with Gasteiger partial charge >= 0.3 is 11.9 Å². The van der Waals surface area contributed by atoms with Crippen LogP contribution in [0.5, 0.6) is 0 Å². The largest absolute Gasteiger partial charge is 0.481 e. The number of thiophene rings is 1. The molecule has 0 aliphatic rings. The lowest BCUT2D eigenvalue weighted by Gasteiger charge is -2.00. The number of carbonyl (C=O) groups excluding carboxylic acids is 1. The molecule has 0 fully saturated rings. The molecule has 0 bridgehead atoms. The van der Waals surface area contributed by atoms with Crippen LogP contribution in [0.3, 0.4) is 0 Å². The quantitative estimate of drug-likeness (QED) is 0.782. The second kappa shape index (κ2) is 5.50. The summed E-state index contributed by atoms with van der Waals surface area (Å²) in [5.41, 5.74) is 0.869. The predicted molar refractivity (Wildman–Crippen MR) is 56.2 cm³/mol. The van der Waals surface area contributed by atoms with Crippen molar-refractivity contribution in [1.29, 1.82) is 0 Å². The maximum Gasteiger partial charge on any atom is 0.348 e. The summed E-state index contributed by atoms with van der Waals surface area (Å²) in [5.74, 6) is -1.17. The van der Waals surface area contributed by atoms with Crippen LogP contribution in [0.15, 0.2) is 11.4 Å². The first-order chi connectivity index (χ1) is 7.15. The second-order valence-electron chi connectivity index (χ2n) is 3.01. The van der Waals surface area contributed by atoms with Crippen molar-refractivity contribution in [2.45, 2.75) is 19.3 Å². The van der Waals surface area contributed by atoms with Crippen LogP contribution in [0.2, 0.25) is 0 Å². The zero-order valence-corrected chi connectivity index (χ0v) is 9.17. The molecule has 0 atom stereocenters. The molecule has 0 unspecified atom stereocenters. The average Bonchev–Trinajstić information content (AvgIpc) is 2.64. The Labute approximate surface area is 91.5 Å². The van der Waals surface area contributed by atoms with E-state index < -0.39 is 5.97 Å². The van der Waals surface area contributed by atoms with Gasteiger partial charge in [-0.2, -0.15) is 0 Å². The van der Waals surface area contributed by atoms with E-state index in [0.29, 0.717) is 17.7 Å². The summed E-state index contributed by atoms with van der Waals surface area (Å²) < 4.78 is 4.62. The topological polar surface area (TPSA) is 63.6 Å². The Morgan fingerprint density at radius 3 is 2.87 bits per heavy atom. The van der Waals surface area contributed by atoms with Gasteiger partial charge in [0.1, 0.15) is 4.88 Å². The Morgan fingerprint density at radius 1 is 1.53 bits per heavy atom. The fourth-order valence-corrected chi connectivity index (χ4v) is 2.10. The summed E-state index contributed by atoms with van der Waals surface area (Å²) in [4.78, 5) is 22.2. The van der Waals surface area contributed by atoms with Gasteiger partial charge in [0.2, 0.25) is 0 Å². The van der Waals surface area contributed by atoms with Crippen LogP contribution in [0.1, 0.15) is 28.1 Å². The average molecular weight is 228 g/mol. The fourth-order valence-electron chi connectivity index (χ4n) is 1.23. The van der Waals surface area contributed by atoms with Crippen molar-refractivity contribution in [1.82, 2.24) is 0 Å². The molecule has 1 rings (SSSR count). The minimum absolute atomic E-state index is 0.121. The molecule has 15 heavy (non-hydrogen) atoms. The summed E-state index contributed by atoms with van der Waals surface area (Å²) in [6.45, 7) is 0. The molecule has 4 nitrogen and oxygen atoms in total. The summed E-state index contributed by atoms with van der Waals surface area (Å²) in [7, 11) is 1.34. The standard InChI is InChI=1S/C10H12O4S/c1-14-10(13)9-7(5-6-15-9)3-2-4-8(11)12/h5-6H,2-4H2,1H3,(H,11,12). The molecular formula is C10H12O4S. The fraction of sp³-hybridized carbons (Fsp3) is 0.400. The van der Waals surface area contributed by atoms with Gasteiger partial charge in [-0.25, -0.2) is 4.79 Å². The van der Waals surface area contributed by atoms with Crippen LogP contribution >= 0.6 is 11.3 Å². The number of methoxy groups -OCH3 is 1. The Kier molecular flexibility index (Phi) is 4.30. The SMILES string of the molecule is COC(=O)c1sccc1CCCC(=O)O. The van der Waals surface area contributed by atoms with E-state index in [2.05, 4.69) is 4.74 Å². The highest BCUT2D eigenvalue weighted by atomic mass is 32.1. The van der Waals surface area contributed by atoms with E-state index in [1.165, 1.54) is 18.4 Å². The van der Waals surface area contributed by atoms with Crippen LogP contribution in [-0.4, -0.2) is 24.2 Å². The lowest BCUT2D eigenvalue weighted by atomic mass is 10.1. The van der Waals surface area contributed by atoms with Gasteiger partial charge in [-0.1, -0.05) is 0 Å². The Hall–Kier alpha value is -1.36. The predicted octanol–water partition coefficient (Wildman–Crippen LogP) is 1.94. The highest BCUT2D eigenvalue weighted by Crippen LogP contribution is 2.19. The minimum atomic E-state index is -0.815. The first kappa shape index (κ1) is 11.7. The van der Waals surface area contributed by atoms with Gasteiger partial charge in [-0.3, -0.25) is 4.79 Å². The molecule has 1 heterocycles. The van der Waals surface area contributed by atoms with Gasteiger partial charge in [0.15, 0.2) is 0 Å². The van der Waals surface area contributed by atoms with E-state index in [1.807, 2.05) is 11.4 Å². The summed E-state index contributed by atoms with van der Waals surface area (Å²) in [6, 6.07) is 1.83. The number of esters is 1. The lowest BCUT2D eigenvalue weighted by Crippen LogP contribution is -2.03. The Morgan fingerprint density at radius 2 is 2.27 bits per heavy atom. The number of carboxylic acid groups (broad SMARTS) is 1. The van der Waals surface area contributed by atoms with Crippen molar-refractivity contribution >= 4 is 23.3 Å². The minimum Gasteiger partial charge on any atom is -0.481 e. The molecule has 0 aliphatic heterocycles. The Bertz CT molecular complexity index is 356. The number of carbonyl (C=O) groups is 2. The van der Waals surface area contributed by atoms with E-state index in [-0.39, 0.29) is 12.4 Å². The highest BCUT2D eigenvalue weighted by molar-refractivity contribution is 7.12. The van der Waals surface area contributed by atoms with E-state index in [4.69, 9.17) is 5.11 Å². The van der Waals surface area contributed by atoms with Gasteiger partial charge in [0.05, 0.1) is 7.11 Å². The summed E-state index contributed by atoms with van der Waals surface area (Å²) in [5, 5.41) is 10.3. The molecule has 0 aromatic carbocycles. The maximum absolute atomic E-state index is 11.3. The van der Waals surface area contributed by atoms with Gasteiger partial charge in [0.25, 0.3) is 0 Å². The number of rotatable bonds is 5. The van der Waals surface area contributed by atoms with Crippen molar-refractivity contribution < 1.29 is 19.4 Å². The van der Waals surface area contributed by atoms with Crippen molar-refractivity contribution in [2.75, 3.05) is 7.11 Å². The number of hydrogen-bond acceptors (Lipinski definition) is 4. The van der Waals surface area contributed by atoms with Crippen molar-refractivity contribution in [3.63, 3.8) is 0 Å².